The van der Waals surface area contributed by atoms with E-state index >= 15 is 0 Å². The molecule has 2 aliphatic rings. The molecule has 0 N–H and O–H groups in total. The van der Waals surface area contributed by atoms with E-state index in [4.69, 9.17) is 4.74 Å². The number of benzene rings is 2. The monoisotopic (exact) mass is 414 g/mol. The molecule has 1 aliphatic heterocycles. The number of sulfonamides is 1. The van der Waals surface area contributed by atoms with Crippen molar-refractivity contribution in [3.8, 4) is 5.75 Å². The van der Waals surface area contributed by atoms with E-state index < -0.39 is 10.0 Å². The van der Waals surface area contributed by atoms with Crippen molar-refractivity contribution in [2.75, 3.05) is 33.3 Å². The molecule has 0 saturated carbocycles. The summed E-state index contributed by atoms with van der Waals surface area (Å²) in [5.41, 5.74) is 3.34. The predicted octanol–water partition coefficient (Wildman–Crippen LogP) is 2.72. The molecule has 1 heterocycles. The zero-order valence-electron chi connectivity index (χ0n) is 16.6. The summed E-state index contributed by atoms with van der Waals surface area (Å²) in [4.78, 5) is 14.9. The lowest BCUT2D eigenvalue weighted by atomic mass is 9.90. The lowest BCUT2D eigenvalue weighted by molar-refractivity contribution is 0.0697. The van der Waals surface area contributed by atoms with Gasteiger partial charge in [0, 0.05) is 31.7 Å². The van der Waals surface area contributed by atoms with Crippen LogP contribution in [0.25, 0.3) is 0 Å². The first-order chi connectivity index (χ1) is 14.0. The molecule has 2 aromatic carbocycles. The minimum atomic E-state index is -3.57. The molecule has 0 spiro atoms. The first-order valence-electron chi connectivity index (χ1n) is 10.0. The van der Waals surface area contributed by atoms with Gasteiger partial charge in [-0.15, -0.1) is 0 Å². The molecule has 0 bridgehead atoms. The summed E-state index contributed by atoms with van der Waals surface area (Å²) in [6, 6.07) is 12.4. The zero-order valence-corrected chi connectivity index (χ0v) is 17.5. The number of carbonyl (C=O) groups is 1. The van der Waals surface area contributed by atoms with Crippen molar-refractivity contribution in [1.29, 1.82) is 0 Å². The van der Waals surface area contributed by atoms with E-state index in [9.17, 15) is 13.2 Å². The Hall–Kier alpha value is -2.38. The van der Waals surface area contributed by atoms with Gasteiger partial charge >= 0.3 is 0 Å². The number of hydrogen-bond acceptors (Lipinski definition) is 4. The summed E-state index contributed by atoms with van der Waals surface area (Å²) < 4.78 is 32.3. The molecule has 1 saturated heterocycles. The Morgan fingerprint density at radius 1 is 0.897 bits per heavy atom. The smallest absolute Gasteiger partial charge is 0.253 e. The summed E-state index contributed by atoms with van der Waals surface area (Å²) in [6.45, 7) is 1.38. The molecule has 154 valence electrons. The number of hydrogen-bond donors (Lipinski definition) is 0. The van der Waals surface area contributed by atoms with Gasteiger partial charge in [0.15, 0.2) is 0 Å². The lowest BCUT2D eigenvalue weighted by Gasteiger charge is -2.34. The summed E-state index contributed by atoms with van der Waals surface area (Å²) >= 11 is 0. The molecule has 29 heavy (non-hydrogen) atoms. The van der Waals surface area contributed by atoms with Crippen LogP contribution in [-0.4, -0.2) is 56.8 Å². The van der Waals surface area contributed by atoms with Crippen LogP contribution in [0.4, 0.5) is 0 Å². The van der Waals surface area contributed by atoms with E-state index in [1.165, 1.54) is 28.3 Å². The number of fused-ring (bicyclic) bond motifs is 1. The standard InChI is InChI=1S/C22H26N2O4S/c1-28-20-8-10-21(11-9-20)29(26,27)24-14-12-23(13-15-24)22(25)19-7-6-17-4-2-3-5-18(17)16-19/h6-11,16H,2-5,12-15H2,1H3. The topological polar surface area (TPSA) is 66.9 Å². The third kappa shape index (κ3) is 4.02. The van der Waals surface area contributed by atoms with Crippen LogP contribution in [0.2, 0.25) is 0 Å². The maximum atomic E-state index is 12.9. The van der Waals surface area contributed by atoms with E-state index in [1.807, 2.05) is 12.1 Å². The average molecular weight is 415 g/mol. The molecule has 7 heteroatoms. The number of carbonyl (C=O) groups excluding carboxylic acids is 1. The second-order valence-corrected chi connectivity index (χ2v) is 9.50. The summed E-state index contributed by atoms with van der Waals surface area (Å²) in [5, 5.41) is 0. The molecule has 6 nitrogen and oxygen atoms in total. The number of ether oxygens (including phenoxy) is 1. The highest BCUT2D eigenvalue weighted by molar-refractivity contribution is 7.89. The van der Waals surface area contributed by atoms with Crippen molar-refractivity contribution in [3.63, 3.8) is 0 Å². The van der Waals surface area contributed by atoms with Crippen LogP contribution in [0.1, 0.15) is 34.3 Å². The van der Waals surface area contributed by atoms with E-state index in [2.05, 4.69) is 6.07 Å². The zero-order chi connectivity index (χ0) is 20.4. The third-order valence-electron chi connectivity index (χ3n) is 5.82. The van der Waals surface area contributed by atoms with Gasteiger partial charge < -0.3 is 9.64 Å². The normalized spacial score (nSPS) is 17.6. The number of rotatable bonds is 4. The van der Waals surface area contributed by atoms with Crippen molar-refractivity contribution in [2.45, 2.75) is 30.6 Å². The molecule has 0 aromatic heterocycles. The Morgan fingerprint density at radius 2 is 1.55 bits per heavy atom. The highest BCUT2D eigenvalue weighted by Gasteiger charge is 2.30. The first-order valence-corrected chi connectivity index (χ1v) is 11.5. The van der Waals surface area contributed by atoms with E-state index in [-0.39, 0.29) is 10.8 Å². The molecular weight excluding hydrogens is 388 g/mol. The van der Waals surface area contributed by atoms with Gasteiger partial charge in [-0.1, -0.05) is 6.07 Å². The molecule has 0 radical (unpaired) electrons. The Labute approximate surface area is 172 Å². The van der Waals surface area contributed by atoms with Crippen molar-refractivity contribution in [1.82, 2.24) is 9.21 Å². The maximum absolute atomic E-state index is 12.9. The highest BCUT2D eigenvalue weighted by Crippen LogP contribution is 2.24. The summed E-state index contributed by atoms with van der Waals surface area (Å²) in [5.74, 6) is 0.601. The largest absolute Gasteiger partial charge is 0.497 e. The Morgan fingerprint density at radius 3 is 2.21 bits per heavy atom. The number of nitrogens with zero attached hydrogens (tertiary/aromatic N) is 2. The SMILES string of the molecule is COc1ccc(S(=O)(=O)N2CCN(C(=O)c3ccc4c(c3)CCCC4)CC2)cc1. The van der Waals surface area contributed by atoms with Gasteiger partial charge in [0.05, 0.1) is 12.0 Å². The molecular formula is C22H26N2O4S. The van der Waals surface area contributed by atoms with E-state index in [1.54, 1.807) is 36.3 Å². The average Bonchev–Trinajstić information content (AvgIpc) is 2.78. The lowest BCUT2D eigenvalue weighted by Crippen LogP contribution is -2.50. The van der Waals surface area contributed by atoms with Crippen molar-refractivity contribution in [2.24, 2.45) is 0 Å². The predicted molar refractivity (Wildman–Crippen MR) is 111 cm³/mol. The van der Waals surface area contributed by atoms with Crippen molar-refractivity contribution in [3.05, 3.63) is 59.2 Å². The van der Waals surface area contributed by atoms with Crippen LogP contribution >= 0.6 is 0 Å². The highest BCUT2D eigenvalue weighted by atomic mass is 32.2. The molecule has 0 atom stereocenters. The molecule has 1 aliphatic carbocycles. The van der Waals surface area contributed by atoms with E-state index in [0.717, 1.165) is 12.8 Å². The fourth-order valence-electron chi connectivity index (χ4n) is 4.08. The minimum Gasteiger partial charge on any atom is -0.497 e. The molecule has 4 rings (SSSR count). The molecule has 0 unspecified atom stereocenters. The summed E-state index contributed by atoms with van der Waals surface area (Å²) in [7, 11) is -2.03. The van der Waals surface area contributed by atoms with Crippen LogP contribution < -0.4 is 4.74 Å². The van der Waals surface area contributed by atoms with Gasteiger partial charge in [-0.3, -0.25) is 4.79 Å². The Kier molecular flexibility index (Phi) is 5.61. The number of piperazine rings is 1. The van der Waals surface area contributed by atoms with Crippen LogP contribution in [-0.2, 0) is 22.9 Å². The fraction of sp³-hybridized carbons (Fsp3) is 0.409. The van der Waals surface area contributed by atoms with Crippen LogP contribution in [0.3, 0.4) is 0 Å². The van der Waals surface area contributed by atoms with Gasteiger partial charge in [0.2, 0.25) is 10.0 Å². The van der Waals surface area contributed by atoms with Gasteiger partial charge in [-0.25, -0.2) is 8.42 Å². The van der Waals surface area contributed by atoms with Crippen LogP contribution in [0.15, 0.2) is 47.4 Å². The van der Waals surface area contributed by atoms with Gasteiger partial charge in [-0.2, -0.15) is 4.31 Å². The van der Waals surface area contributed by atoms with Crippen LogP contribution in [0, 0.1) is 0 Å². The van der Waals surface area contributed by atoms with Gasteiger partial charge in [0.1, 0.15) is 5.75 Å². The van der Waals surface area contributed by atoms with E-state index in [0.29, 0.717) is 37.5 Å². The third-order valence-corrected chi connectivity index (χ3v) is 7.73. The van der Waals surface area contributed by atoms with Gasteiger partial charge in [0.25, 0.3) is 5.91 Å². The summed E-state index contributed by atoms with van der Waals surface area (Å²) in [6.07, 6.45) is 4.51. The quantitative estimate of drug-likeness (QED) is 0.772. The second-order valence-electron chi connectivity index (χ2n) is 7.56. The molecule has 1 fully saturated rings. The molecule has 1 amide bonds. The van der Waals surface area contributed by atoms with Crippen LogP contribution in [0.5, 0.6) is 5.75 Å². The Balaban J connectivity index is 1.42. The fourth-order valence-corrected chi connectivity index (χ4v) is 5.50. The van der Waals surface area contributed by atoms with Crippen molar-refractivity contribution < 1.29 is 17.9 Å². The maximum Gasteiger partial charge on any atom is 0.253 e. The first kappa shape index (κ1) is 19.9. The molecule has 2 aromatic rings. The van der Waals surface area contributed by atoms with Crippen molar-refractivity contribution >= 4 is 15.9 Å². The minimum absolute atomic E-state index is 0.0140. The number of methoxy groups -OCH3 is 1. The second kappa shape index (κ2) is 8.16. The van der Waals surface area contributed by atoms with Gasteiger partial charge in [-0.05, 0) is 73.2 Å². The number of amides is 1. The number of aryl methyl sites for hydroxylation is 2. The Bertz CT molecular complexity index is 994.